The second-order valence-corrected chi connectivity index (χ2v) is 7.81. The maximum absolute atomic E-state index is 13.4. The fourth-order valence-electron chi connectivity index (χ4n) is 4.61. The summed E-state index contributed by atoms with van der Waals surface area (Å²) in [7, 11) is 0. The molecule has 7 nitrogen and oxygen atoms in total. The molecule has 0 radical (unpaired) electrons. The van der Waals surface area contributed by atoms with Crippen molar-refractivity contribution in [1.29, 1.82) is 5.26 Å². The van der Waals surface area contributed by atoms with Crippen LogP contribution in [0, 0.1) is 11.3 Å². The molecule has 0 aliphatic carbocycles. The average Bonchev–Trinajstić information content (AvgIpc) is 3.14. The van der Waals surface area contributed by atoms with E-state index in [0.29, 0.717) is 6.07 Å². The molecule has 10 heteroatoms. The van der Waals surface area contributed by atoms with E-state index in [1.807, 2.05) is 0 Å². The Balaban J connectivity index is 1.92. The Morgan fingerprint density at radius 2 is 1.93 bits per heavy atom. The van der Waals surface area contributed by atoms with E-state index in [2.05, 4.69) is 0 Å². The lowest BCUT2D eigenvalue weighted by atomic mass is 9.78. The highest BCUT2D eigenvalue weighted by Crippen LogP contribution is 2.65. The van der Waals surface area contributed by atoms with Gasteiger partial charge in [0, 0.05) is 13.3 Å². The lowest BCUT2D eigenvalue weighted by molar-refractivity contribution is -0.157. The van der Waals surface area contributed by atoms with Crippen LogP contribution in [0.1, 0.15) is 49.4 Å². The molecule has 3 atom stereocenters. The summed E-state index contributed by atoms with van der Waals surface area (Å²) in [5.74, 6) is -1.55. The van der Waals surface area contributed by atoms with Gasteiger partial charge < -0.3 is 19.7 Å². The fraction of sp³-hybridized carbons (Fsp3) is 0.400. The molecule has 2 aromatic rings. The van der Waals surface area contributed by atoms with Crippen molar-refractivity contribution in [3.8, 4) is 23.5 Å². The van der Waals surface area contributed by atoms with E-state index in [1.165, 1.54) is 19.1 Å². The predicted octanol–water partition coefficient (Wildman–Crippen LogP) is 3.57. The monoisotopic (exact) mass is 422 g/mol. The van der Waals surface area contributed by atoms with Crippen molar-refractivity contribution in [3.63, 3.8) is 0 Å². The van der Waals surface area contributed by atoms with Gasteiger partial charge in [-0.3, -0.25) is 9.36 Å². The average molecular weight is 422 g/mol. The Bertz CT molecular complexity index is 1130. The molecule has 0 amide bonds. The van der Waals surface area contributed by atoms with Gasteiger partial charge in [0.25, 0.3) is 0 Å². The molecule has 2 unspecified atom stereocenters. The molecular formula is C20H17F3N2O5. The molecule has 1 fully saturated rings. The van der Waals surface area contributed by atoms with Crippen LogP contribution in [0.5, 0.6) is 11.8 Å². The van der Waals surface area contributed by atoms with Gasteiger partial charge in [0.15, 0.2) is 0 Å². The van der Waals surface area contributed by atoms with Gasteiger partial charge in [-0.25, -0.2) is 0 Å². The van der Waals surface area contributed by atoms with Crippen molar-refractivity contribution in [2.24, 2.45) is 0 Å². The van der Waals surface area contributed by atoms with Crippen molar-refractivity contribution < 1.29 is 37.7 Å². The first-order valence-corrected chi connectivity index (χ1v) is 9.00. The summed E-state index contributed by atoms with van der Waals surface area (Å²) >= 11 is 0. The lowest BCUT2D eigenvalue weighted by Gasteiger charge is -2.28. The highest BCUT2D eigenvalue weighted by atomic mass is 19.4. The van der Waals surface area contributed by atoms with Crippen LogP contribution < -0.4 is 0 Å². The number of benzene rings is 1. The number of nitriles is 1. The zero-order chi connectivity index (χ0) is 22.2. The molecule has 4 rings (SSSR count). The van der Waals surface area contributed by atoms with Gasteiger partial charge in [0.1, 0.15) is 17.3 Å². The summed E-state index contributed by atoms with van der Waals surface area (Å²) in [6, 6.07) is 4.34. The van der Waals surface area contributed by atoms with Gasteiger partial charge in [0.2, 0.25) is 11.8 Å². The van der Waals surface area contributed by atoms with Gasteiger partial charge in [-0.1, -0.05) is 0 Å². The number of nitrogens with zero attached hydrogens (tertiary/aromatic N) is 2. The summed E-state index contributed by atoms with van der Waals surface area (Å²) in [4.78, 5) is 11.5. The van der Waals surface area contributed by atoms with Gasteiger partial charge in [-0.2, -0.15) is 18.4 Å². The van der Waals surface area contributed by atoms with E-state index in [1.54, 1.807) is 13.8 Å². The third-order valence-corrected chi connectivity index (χ3v) is 5.77. The number of aromatic hydroxyl groups is 2. The minimum absolute atomic E-state index is 0.151. The van der Waals surface area contributed by atoms with Gasteiger partial charge >= 0.3 is 12.1 Å². The quantitative estimate of drug-likeness (QED) is 0.717. The number of aromatic nitrogens is 1. The Labute approximate surface area is 168 Å². The first-order valence-electron chi connectivity index (χ1n) is 9.00. The number of halogens is 3. The number of carbonyl (C=O) groups is 1. The van der Waals surface area contributed by atoms with Crippen LogP contribution in [-0.4, -0.2) is 26.9 Å². The highest BCUT2D eigenvalue weighted by Gasteiger charge is 2.66. The minimum Gasteiger partial charge on any atom is -0.494 e. The summed E-state index contributed by atoms with van der Waals surface area (Å²) in [6.07, 6.45) is -5.35. The number of rotatable bonds is 2. The smallest absolute Gasteiger partial charge is 0.417 e. The first kappa shape index (κ1) is 20.1. The van der Waals surface area contributed by atoms with Crippen LogP contribution in [0.4, 0.5) is 13.2 Å². The van der Waals surface area contributed by atoms with Crippen molar-refractivity contribution in [3.05, 3.63) is 40.5 Å². The van der Waals surface area contributed by atoms with Crippen LogP contribution in [0.2, 0.25) is 0 Å². The van der Waals surface area contributed by atoms with E-state index in [-0.39, 0.29) is 23.2 Å². The van der Waals surface area contributed by atoms with E-state index in [9.17, 15) is 28.2 Å². The van der Waals surface area contributed by atoms with E-state index < -0.39 is 52.3 Å². The molecule has 2 bridgehead atoms. The van der Waals surface area contributed by atoms with Gasteiger partial charge in [0.05, 0.1) is 34.0 Å². The third kappa shape index (κ3) is 2.51. The number of hydrogen-bond acceptors (Lipinski definition) is 6. The predicted molar refractivity (Wildman–Crippen MR) is 94.8 cm³/mol. The first-order chi connectivity index (χ1) is 13.8. The second kappa shape index (κ2) is 5.92. The molecule has 30 heavy (non-hydrogen) atoms. The summed E-state index contributed by atoms with van der Waals surface area (Å²) in [5.41, 5.74) is -3.98. The molecule has 2 N–H and O–H groups in total. The van der Waals surface area contributed by atoms with Crippen LogP contribution in [0.15, 0.2) is 18.2 Å². The number of ether oxygens (including phenoxy) is 2. The van der Waals surface area contributed by atoms with Gasteiger partial charge in [-0.05, 0) is 32.0 Å². The minimum atomic E-state index is -4.80. The maximum atomic E-state index is 13.4. The molecule has 158 valence electrons. The summed E-state index contributed by atoms with van der Waals surface area (Å²) < 4.78 is 52.3. The lowest BCUT2D eigenvalue weighted by Crippen LogP contribution is -2.36. The van der Waals surface area contributed by atoms with Crippen LogP contribution in [-0.2, 0) is 31.6 Å². The Morgan fingerprint density at radius 3 is 2.50 bits per heavy atom. The fourth-order valence-corrected chi connectivity index (χ4v) is 4.61. The standard InChI is InChI=1S/C20H17F3N2O5/c1-9(26)29-13-7-18(2)14-15(19(13,3)30-18)17(28)25(16(14)27)11-5-4-10(8-24)12(6-11)20(21,22)23/h4-6,13,27-28H,7H2,1-3H3/t13-,18?,19?/m0/s1. The van der Waals surface area contributed by atoms with Crippen molar-refractivity contribution in [2.45, 2.75) is 50.7 Å². The molecule has 1 aromatic carbocycles. The largest absolute Gasteiger partial charge is 0.494 e. The molecule has 2 aliphatic rings. The molecular weight excluding hydrogens is 405 g/mol. The highest BCUT2D eigenvalue weighted by molar-refractivity contribution is 5.68. The number of hydrogen-bond donors (Lipinski definition) is 2. The topological polar surface area (TPSA) is 105 Å². The SMILES string of the molecule is CC(=O)O[C@H]1CC2(C)OC1(C)c1c2c(O)n(-c2ccc(C#N)c(C(F)(F)F)c2)c1O. The Hall–Kier alpha value is -3.19. The van der Waals surface area contributed by atoms with E-state index >= 15 is 0 Å². The zero-order valence-electron chi connectivity index (χ0n) is 16.2. The molecule has 0 spiro atoms. The maximum Gasteiger partial charge on any atom is 0.417 e. The number of carbonyl (C=O) groups excluding carboxylic acids is 1. The van der Waals surface area contributed by atoms with Crippen molar-refractivity contribution in [1.82, 2.24) is 4.57 Å². The normalized spacial score (nSPS) is 27.0. The van der Waals surface area contributed by atoms with Crippen LogP contribution in [0.25, 0.3) is 5.69 Å². The second-order valence-electron chi connectivity index (χ2n) is 7.81. The van der Waals surface area contributed by atoms with E-state index in [4.69, 9.17) is 14.7 Å². The molecule has 0 saturated carbocycles. The summed E-state index contributed by atoms with van der Waals surface area (Å²) in [5, 5.41) is 30.7. The third-order valence-electron chi connectivity index (χ3n) is 5.77. The summed E-state index contributed by atoms with van der Waals surface area (Å²) in [6.45, 7) is 4.46. The molecule has 1 saturated heterocycles. The Kier molecular flexibility index (Phi) is 3.96. The van der Waals surface area contributed by atoms with Gasteiger partial charge in [-0.15, -0.1) is 0 Å². The molecule has 2 aliphatic heterocycles. The van der Waals surface area contributed by atoms with E-state index in [0.717, 1.165) is 10.6 Å². The van der Waals surface area contributed by atoms with Crippen LogP contribution in [0.3, 0.4) is 0 Å². The van der Waals surface area contributed by atoms with Crippen LogP contribution >= 0.6 is 0 Å². The number of alkyl halides is 3. The number of esters is 1. The Morgan fingerprint density at radius 1 is 1.30 bits per heavy atom. The van der Waals surface area contributed by atoms with Crippen molar-refractivity contribution >= 4 is 5.97 Å². The molecule has 1 aromatic heterocycles. The number of fused-ring (bicyclic) bond motifs is 5. The zero-order valence-corrected chi connectivity index (χ0v) is 16.2. The van der Waals surface area contributed by atoms with Crippen molar-refractivity contribution in [2.75, 3.05) is 0 Å². The molecule has 3 heterocycles.